The normalized spacial score (nSPS) is 21.0. The molecule has 0 spiro atoms. The molecule has 0 bridgehead atoms. The molecule has 0 saturated carbocycles. The third-order valence-corrected chi connectivity index (χ3v) is 4.02. The molecular formula is C16H24N4. The molecule has 20 heavy (non-hydrogen) atoms. The van der Waals surface area contributed by atoms with Crippen LogP contribution in [0.5, 0.6) is 0 Å². The highest BCUT2D eigenvalue weighted by Gasteiger charge is 2.18. The molecule has 2 heterocycles. The SMILES string of the molecule is c1ccc(CN2CCCN(C3=NCCCN3)CC2)cc1. The van der Waals surface area contributed by atoms with Crippen molar-refractivity contribution in [2.75, 3.05) is 39.3 Å². The predicted molar refractivity (Wildman–Crippen MR) is 82.8 cm³/mol. The first-order chi connectivity index (χ1) is 9.92. The van der Waals surface area contributed by atoms with Crippen LogP contribution in [-0.4, -0.2) is 55.0 Å². The molecule has 2 aliphatic heterocycles. The maximum absolute atomic E-state index is 4.62. The Bertz CT molecular complexity index is 443. The highest BCUT2D eigenvalue weighted by atomic mass is 15.3. The molecular weight excluding hydrogens is 248 g/mol. The van der Waals surface area contributed by atoms with Gasteiger partial charge >= 0.3 is 0 Å². The second kappa shape index (κ2) is 6.75. The van der Waals surface area contributed by atoms with Crippen molar-refractivity contribution in [2.45, 2.75) is 19.4 Å². The highest BCUT2D eigenvalue weighted by molar-refractivity contribution is 5.80. The van der Waals surface area contributed by atoms with Gasteiger partial charge in [0, 0.05) is 45.8 Å². The molecule has 3 rings (SSSR count). The summed E-state index contributed by atoms with van der Waals surface area (Å²) in [7, 11) is 0. The molecule has 0 unspecified atom stereocenters. The number of nitrogens with zero attached hydrogens (tertiary/aromatic N) is 3. The van der Waals surface area contributed by atoms with Crippen LogP contribution in [0.2, 0.25) is 0 Å². The first-order valence-corrected chi connectivity index (χ1v) is 7.71. The van der Waals surface area contributed by atoms with Gasteiger partial charge in [-0.2, -0.15) is 0 Å². The van der Waals surface area contributed by atoms with E-state index in [0.29, 0.717) is 0 Å². The van der Waals surface area contributed by atoms with Crippen molar-refractivity contribution < 1.29 is 0 Å². The monoisotopic (exact) mass is 272 g/mol. The number of benzene rings is 1. The van der Waals surface area contributed by atoms with Crippen LogP contribution in [0.3, 0.4) is 0 Å². The molecule has 0 radical (unpaired) electrons. The second-order valence-electron chi connectivity index (χ2n) is 5.59. The van der Waals surface area contributed by atoms with E-state index in [-0.39, 0.29) is 0 Å². The smallest absolute Gasteiger partial charge is 0.193 e. The van der Waals surface area contributed by atoms with Crippen molar-refractivity contribution in [1.29, 1.82) is 0 Å². The highest BCUT2D eigenvalue weighted by Crippen LogP contribution is 2.09. The molecule has 4 heteroatoms. The molecule has 1 aromatic rings. The zero-order valence-electron chi connectivity index (χ0n) is 12.1. The van der Waals surface area contributed by atoms with Gasteiger partial charge in [-0.3, -0.25) is 9.89 Å². The van der Waals surface area contributed by atoms with Crippen molar-refractivity contribution in [3.8, 4) is 0 Å². The number of aliphatic imine (C=N–C) groups is 1. The van der Waals surface area contributed by atoms with Gasteiger partial charge in [0.05, 0.1) is 0 Å². The van der Waals surface area contributed by atoms with E-state index in [0.717, 1.165) is 51.6 Å². The number of hydrogen-bond acceptors (Lipinski definition) is 4. The van der Waals surface area contributed by atoms with Crippen molar-refractivity contribution in [2.24, 2.45) is 4.99 Å². The maximum atomic E-state index is 4.62. The van der Waals surface area contributed by atoms with Crippen LogP contribution >= 0.6 is 0 Å². The maximum Gasteiger partial charge on any atom is 0.193 e. The van der Waals surface area contributed by atoms with Gasteiger partial charge in [-0.1, -0.05) is 30.3 Å². The molecule has 0 aromatic heterocycles. The van der Waals surface area contributed by atoms with E-state index < -0.39 is 0 Å². The predicted octanol–water partition coefficient (Wildman–Crippen LogP) is 1.54. The Morgan fingerprint density at radius 3 is 2.70 bits per heavy atom. The summed E-state index contributed by atoms with van der Waals surface area (Å²) in [6.45, 7) is 7.62. The molecule has 0 atom stereocenters. The lowest BCUT2D eigenvalue weighted by Gasteiger charge is -2.27. The number of guanidine groups is 1. The fraction of sp³-hybridized carbons (Fsp3) is 0.562. The summed E-state index contributed by atoms with van der Waals surface area (Å²) in [5.41, 5.74) is 1.41. The Morgan fingerprint density at radius 2 is 1.90 bits per heavy atom. The minimum Gasteiger partial charge on any atom is -0.356 e. The molecule has 1 aromatic carbocycles. The topological polar surface area (TPSA) is 30.9 Å². The Hall–Kier alpha value is -1.55. The summed E-state index contributed by atoms with van der Waals surface area (Å²) in [5.74, 6) is 1.12. The molecule has 1 saturated heterocycles. The molecule has 108 valence electrons. The Labute approximate surface area is 121 Å². The summed E-state index contributed by atoms with van der Waals surface area (Å²) in [6, 6.07) is 10.8. The Kier molecular flexibility index (Phi) is 4.53. The fourth-order valence-corrected chi connectivity index (χ4v) is 2.91. The minimum absolute atomic E-state index is 0.979. The van der Waals surface area contributed by atoms with Crippen molar-refractivity contribution in [3.05, 3.63) is 35.9 Å². The van der Waals surface area contributed by atoms with Crippen LogP contribution in [0.4, 0.5) is 0 Å². The van der Waals surface area contributed by atoms with E-state index in [4.69, 9.17) is 0 Å². The minimum atomic E-state index is 0.979. The zero-order valence-corrected chi connectivity index (χ0v) is 12.1. The first kappa shape index (κ1) is 13.4. The lowest BCUT2D eigenvalue weighted by molar-refractivity contribution is 0.277. The van der Waals surface area contributed by atoms with E-state index in [2.05, 4.69) is 50.4 Å². The van der Waals surface area contributed by atoms with E-state index >= 15 is 0 Å². The molecule has 4 nitrogen and oxygen atoms in total. The van der Waals surface area contributed by atoms with Gasteiger partial charge in [0.25, 0.3) is 0 Å². The molecule has 0 aliphatic carbocycles. The van der Waals surface area contributed by atoms with Crippen LogP contribution < -0.4 is 5.32 Å². The third kappa shape index (κ3) is 3.51. The quantitative estimate of drug-likeness (QED) is 0.886. The second-order valence-corrected chi connectivity index (χ2v) is 5.59. The zero-order chi connectivity index (χ0) is 13.6. The first-order valence-electron chi connectivity index (χ1n) is 7.71. The summed E-state index contributed by atoms with van der Waals surface area (Å²) in [5, 5.41) is 3.44. The van der Waals surface area contributed by atoms with Crippen molar-refractivity contribution in [3.63, 3.8) is 0 Å². The standard InChI is InChI=1S/C16H24N4/c1-2-6-15(7-3-1)14-19-10-5-11-20(13-12-19)16-17-8-4-9-18-16/h1-3,6-7H,4-5,8-14H2,(H,17,18). The average Bonchev–Trinajstić information content (AvgIpc) is 2.75. The van der Waals surface area contributed by atoms with Crippen molar-refractivity contribution >= 4 is 5.96 Å². The van der Waals surface area contributed by atoms with Crippen LogP contribution in [0.15, 0.2) is 35.3 Å². The lowest BCUT2D eigenvalue weighted by atomic mass is 10.2. The lowest BCUT2D eigenvalue weighted by Crippen LogP contribution is -2.45. The van der Waals surface area contributed by atoms with Gasteiger partial charge in [0.15, 0.2) is 5.96 Å². The average molecular weight is 272 g/mol. The van der Waals surface area contributed by atoms with Crippen LogP contribution in [0, 0.1) is 0 Å². The molecule has 1 N–H and O–H groups in total. The van der Waals surface area contributed by atoms with Gasteiger partial charge < -0.3 is 10.2 Å². The summed E-state index contributed by atoms with van der Waals surface area (Å²) >= 11 is 0. The molecule has 2 aliphatic rings. The van der Waals surface area contributed by atoms with Crippen LogP contribution in [0.25, 0.3) is 0 Å². The van der Waals surface area contributed by atoms with E-state index in [1.165, 1.54) is 18.5 Å². The Balaban J connectivity index is 1.55. The van der Waals surface area contributed by atoms with Crippen molar-refractivity contribution in [1.82, 2.24) is 15.1 Å². The van der Waals surface area contributed by atoms with Gasteiger partial charge in [-0.05, 0) is 18.4 Å². The largest absolute Gasteiger partial charge is 0.356 e. The Morgan fingerprint density at radius 1 is 1.00 bits per heavy atom. The fourth-order valence-electron chi connectivity index (χ4n) is 2.91. The van der Waals surface area contributed by atoms with E-state index in [1.807, 2.05) is 0 Å². The van der Waals surface area contributed by atoms with E-state index in [9.17, 15) is 0 Å². The number of nitrogens with one attached hydrogen (secondary N) is 1. The number of rotatable bonds is 2. The van der Waals surface area contributed by atoms with E-state index in [1.54, 1.807) is 0 Å². The van der Waals surface area contributed by atoms with Gasteiger partial charge in [-0.25, -0.2) is 0 Å². The summed E-state index contributed by atoms with van der Waals surface area (Å²) < 4.78 is 0. The molecule has 0 amide bonds. The summed E-state index contributed by atoms with van der Waals surface area (Å²) in [4.78, 5) is 9.59. The number of hydrogen-bond donors (Lipinski definition) is 1. The van der Waals surface area contributed by atoms with Gasteiger partial charge in [-0.15, -0.1) is 0 Å². The van der Waals surface area contributed by atoms with Crippen LogP contribution in [-0.2, 0) is 6.54 Å². The third-order valence-electron chi connectivity index (χ3n) is 4.02. The van der Waals surface area contributed by atoms with Gasteiger partial charge in [0.1, 0.15) is 0 Å². The van der Waals surface area contributed by atoms with Gasteiger partial charge in [0.2, 0.25) is 0 Å². The molecule has 1 fully saturated rings. The van der Waals surface area contributed by atoms with Crippen LogP contribution in [0.1, 0.15) is 18.4 Å². The summed E-state index contributed by atoms with van der Waals surface area (Å²) in [6.07, 6.45) is 2.38.